The van der Waals surface area contributed by atoms with E-state index in [4.69, 9.17) is 4.74 Å². The first-order valence-corrected chi connectivity index (χ1v) is 4.16. The lowest BCUT2D eigenvalue weighted by Gasteiger charge is -2.33. The second kappa shape index (κ2) is 3.66. The number of ether oxygens (including phenoxy) is 1. The van der Waals surface area contributed by atoms with Gasteiger partial charge in [-0.3, -0.25) is 0 Å². The van der Waals surface area contributed by atoms with Crippen molar-refractivity contribution >= 4 is 0 Å². The Morgan fingerprint density at radius 1 is 1.58 bits per heavy atom. The Bertz CT molecular complexity index is 148. The standard InChI is InChI=1S/C8H15F2NO/c1-8(11-2,7(9)10)6-3-4-12-5-6/h6-7,11H,3-5H2,1-2H3. The summed E-state index contributed by atoms with van der Waals surface area (Å²) in [6.07, 6.45) is -1.61. The van der Waals surface area contributed by atoms with E-state index in [2.05, 4.69) is 5.32 Å². The molecule has 0 aliphatic carbocycles. The van der Waals surface area contributed by atoms with Crippen molar-refractivity contribution < 1.29 is 13.5 Å². The van der Waals surface area contributed by atoms with Gasteiger partial charge in [0.1, 0.15) is 0 Å². The van der Waals surface area contributed by atoms with Gasteiger partial charge in [0.05, 0.1) is 12.1 Å². The Morgan fingerprint density at radius 2 is 2.25 bits per heavy atom. The van der Waals surface area contributed by atoms with Crippen molar-refractivity contribution in [3.05, 3.63) is 0 Å². The summed E-state index contributed by atoms with van der Waals surface area (Å²) in [5.41, 5.74) is -1.09. The van der Waals surface area contributed by atoms with E-state index in [1.165, 1.54) is 0 Å². The van der Waals surface area contributed by atoms with Crippen LogP contribution in [0.25, 0.3) is 0 Å². The molecule has 2 unspecified atom stereocenters. The fraction of sp³-hybridized carbons (Fsp3) is 1.00. The molecule has 0 aromatic heterocycles. The maximum atomic E-state index is 12.6. The Kier molecular flexibility index (Phi) is 3.01. The van der Waals surface area contributed by atoms with E-state index in [9.17, 15) is 8.78 Å². The van der Waals surface area contributed by atoms with Crippen LogP contribution in [0.1, 0.15) is 13.3 Å². The predicted octanol–water partition coefficient (Wildman–Crippen LogP) is 1.27. The van der Waals surface area contributed by atoms with Crippen LogP contribution in [0, 0.1) is 5.92 Å². The molecule has 0 amide bonds. The van der Waals surface area contributed by atoms with Crippen LogP contribution in [0.3, 0.4) is 0 Å². The van der Waals surface area contributed by atoms with Gasteiger partial charge in [0.15, 0.2) is 0 Å². The van der Waals surface area contributed by atoms with Gasteiger partial charge in [-0.15, -0.1) is 0 Å². The molecule has 1 fully saturated rings. The number of nitrogens with one attached hydrogen (secondary N) is 1. The molecule has 1 heterocycles. The highest BCUT2D eigenvalue weighted by Gasteiger charge is 2.42. The molecular weight excluding hydrogens is 164 g/mol. The van der Waals surface area contributed by atoms with E-state index in [-0.39, 0.29) is 5.92 Å². The first-order valence-electron chi connectivity index (χ1n) is 4.16. The number of halogens is 2. The molecule has 0 bridgehead atoms. The molecule has 1 aliphatic heterocycles. The SMILES string of the molecule is CNC(C)(C(F)F)C1CCOC1. The quantitative estimate of drug-likeness (QED) is 0.704. The second-order valence-electron chi connectivity index (χ2n) is 3.39. The molecule has 0 radical (unpaired) electrons. The Balaban J connectivity index is 2.64. The van der Waals surface area contributed by atoms with E-state index < -0.39 is 12.0 Å². The molecule has 1 aliphatic rings. The molecule has 1 rings (SSSR count). The minimum Gasteiger partial charge on any atom is -0.381 e. The Hall–Kier alpha value is -0.220. The van der Waals surface area contributed by atoms with Crippen LogP contribution in [0.15, 0.2) is 0 Å². The fourth-order valence-corrected chi connectivity index (χ4v) is 1.50. The highest BCUT2D eigenvalue weighted by molar-refractivity contribution is 4.93. The third-order valence-corrected chi connectivity index (χ3v) is 2.77. The highest BCUT2D eigenvalue weighted by Crippen LogP contribution is 2.30. The van der Waals surface area contributed by atoms with E-state index in [0.717, 1.165) is 6.42 Å². The van der Waals surface area contributed by atoms with Gasteiger partial charge in [-0.1, -0.05) is 0 Å². The van der Waals surface area contributed by atoms with Crippen molar-refractivity contribution in [2.45, 2.75) is 25.3 Å². The Labute approximate surface area is 71.3 Å². The number of hydrogen-bond acceptors (Lipinski definition) is 2. The van der Waals surface area contributed by atoms with Crippen LogP contribution in [-0.4, -0.2) is 32.2 Å². The summed E-state index contributed by atoms with van der Waals surface area (Å²) in [6, 6.07) is 0. The van der Waals surface area contributed by atoms with Crippen LogP contribution in [-0.2, 0) is 4.74 Å². The van der Waals surface area contributed by atoms with Gasteiger partial charge in [-0.05, 0) is 20.4 Å². The second-order valence-corrected chi connectivity index (χ2v) is 3.39. The molecule has 2 nitrogen and oxygen atoms in total. The first kappa shape index (κ1) is 9.86. The van der Waals surface area contributed by atoms with Crippen LogP contribution in [0.5, 0.6) is 0 Å². The van der Waals surface area contributed by atoms with Crippen molar-refractivity contribution in [3.63, 3.8) is 0 Å². The van der Waals surface area contributed by atoms with Crippen molar-refractivity contribution in [1.82, 2.24) is 5.32 Å². The molecule has 12 heavy (non-hydrogen) atoms. The molecule has 2 atom stereocenters. The molecular formula is C8H15F2NO. The van der Waals surface area contributed by atoms with Gasteiger partial charge >= 0.3 is 0 Å². The summed E-state index contributed by atoms with van der Waals surface area (Å²) < 4.78 is 30.3. The minimum absolute atomic E-state index is 0.0671. The zero-order chi connectivity index (χ0) is 9.19. The Morgan fingerprint density at radius 3 is 2.58 bits per heavy atom. The molecule has 0 spiro atoms. The normalized spacial score (nSPS) is 29.2. The predicted molar refractivity (Wildman–Crippen MR) is 42.4 cm³/mol. The summed E-state index contributed by atoms with van der Waals surface area (Å²) in [4.78, 5) is 0. The summed E-state index contributed by atoms with van der Waals surface area (Å²) in [6.45, 7) is 2.60. The van der Waals surface area contributed by atoms with Crippen molar-refractivity contribution in [3.8, 4) is 0 Å². The van der Waals surface area contributed by atoms with Crippen molar-refractivity contribution in [1.29, 1.82) is 0 Å². The summed E-state index contributed by atoms with van der Waals surface area (Å²) in [5.74, 6) is -0.0671. The van der Waals surface area contributed by atoms with Crippen LogP contribution < -0.4 is 5.32 Å². The third kappa shape index (κ3) is 1.59. The lowest BCUT2D eigenvalue weighted by atomic mass is 9.85. The highest BCUT2D eigenvalue weighted by atomic mass is 19.3. The zero-order valence-corrected chi connectivity index (χ0v) is 7.44. The minimum atomic E-state index is -2.34. The lowest BCUT2D eigenvalue weighted by molar-refractivity contribution is 0.00505. The first-order chi connectivity index (χ1) is 5.61. The van der Waals surface area contributed by atoms with E-state index >= 15 is 0 Å². The zero-order valence-electron chi connectivity index (χ0n) is 7.44. The topological polar surface area (TPSA) is 21.3 Å². The average molecular weight is 179 g/mol. The number of alkyl halides is 2. The molecule has 0 saturated carbocycles. The van der Waals surface area contributed by atoms with Crippen LogP contribution in [0.4, 0.5) is 8.78 Å². The maximum Gasteiger partial charge on any atom is 0.256 e. The fourth-order valence-electron chi connectivity index (χ4n) is 1.50. The van der Waals surface area contributed by atoms with Crippen LogP contribution in [0.2, 0.25) is 0 Å². The van der Waals surface area contributed by atoms with Gasteiger partial charge in [-0.2, -0.15) is 0 Å². The van der Waals surface area contributed by atoms with E-state index in [1.54, 1.807) is 14.0 Å². The number of hydrogen-bond donors (Lipinski definition) is 1. The maximum absolute atomic E-state index is 12.6. The molecule has 0 aromatic rings. The van der Waals surface area contributed by atoms with Gasteiger partial charge in [0.25, 0.3) is 6.43 Å². The molecule has 1 saturated heterocycles. The van der Waals surface area contributed by atoms with Crippen LogP contribution >= 0.6 is 0 Å². The van der Waals surface area contributed by atoms with Gasteiger partial charge in [0, 0.05) is 12.5 Å². The van der Waals surface area contributed by atoms with Gasteiger partial charge in [0.2, 0.25) is 0 Å². The summed E-state index contributed by atoms with van der Waals surface area (Å²) >= 11 is 0. The molecule has 4 heteroatoms. The lowest BCUT2D eigenvalue weighted by Crippen LogP contribution is -2.53. The largest absolute Gasteiger partial charge is 0.381 e. The van der Waals surface area contributed by atoms with Gasteiger partial charge < -0.3 is 10.1 Å². The van der Waals surface area contributed by atoms with E-state index in [0.29, 0.717) is 13.2 Å². The molecule has 1 N–H and O–H groups in total. The monoisotopic (exact) mass is 179 g/mol. The molecule has 72 valence electrons. The van der Waals surface area contributed by atoms with E-state index in [1.807, 2.05) is 0 Å². The smallest absolute Gasteiger partial charge is 0.256 e. The van der Waals surface area contributed by atoms with Crippen molar-refractivity contribution in [2.75, 3.05) is 20.3 Å². The van der Waals surface area contributed by atoms with Crippen molar-refractivity contribution in [2.24, 2.45) is 5.92 Å². The average Bonchev–Trinajstić information content (AvgIpc) is 2.54. The summed E-state index contributed by atoms with van der Waals surface area (Å²) in [7, 11) is 1.57. The molecule has 0 aromatic carbocycles. The summed E-state index contributed by atoms with van der Waals surface area (Å²) in [5, 5.41) is 2.69. The third-order valence-electron chi connectivity index (χ3n) is 2.77. The van der Waals surface area contributed by atoms with Gasteiger partial charge in [-0.25, -0.2) is 8.78 Å². The number of rotatable bonds is 3.